The molecule has 2 aromatic carbocycles. The van der Waals surface area contributed by atoms with Gasteiger partial charge in [0.15, 0.2) is 0 Å². The molecule has 0 fully saturated rings. The van der Waals surface area contributed by atoms with Gasteiger partial charge in [-0.1, -0.05) is 24.3 Å². The third kappa shape index (κ3) is 11.8. The zero-order valence-corrected chi connectivity index (χ0v) is 21.2. The Morgan fingerprint density at radius 3 is 1.63 bits per heavy atom. The zero-order chi connectivity index (χ0) is 25.6. The maximum atomic E-state index is 12.0. The molecule has 8 heteroatoms. The van der Waals surface area contributed by atoms with E-state index in [2.05, 4.69) is 21.1 Å². The second kappa shape index (κ2) is 14.6. The Bertz CT molecular complexity index is 997. The number of amides is 2. The fourth-order valence-electron chi connectivity index (χ4n) is 3.02. The lowest BCUT2D eigenvalue weighted by Crippen LogP contribution is -2.21. The topological polar surface area (TPSA) is 101 Å². The summed E-state index contributed by atoms with van der Waals surface area (Å²) in [4.78, 5) is 24.0. The van der Waals surface area contributed by atoms with Crippen LogP contribution in [-0.2, 0) is 22.4 Å². The van der Waals surface area contributed by atoms with E-state index in [1.54, 1.807) is 6.92 Å². The number of hydrogen-bond acceptors (Lipinski definition) is 6. The summed E-state index contributed by atoms with van der Waals surface area (Å²) < 4.78 is 11.2. The van der Waals surface area contributed by atoms with Crippen molar-refractivity contribution in [3.8, 4) is 11.5 Å². The third-order valence-electron chi connectivity index (χ3n) is 4.67. The minimum absolute atomic E-state index is 0.123. The summed E-state index contributed by atoms with van der Waals surface area (Å²) in [5.41, 5.74) is 7.53. The number of nitrogens with one attached hydrogen (secondary N) is 2. The molecule has 35 heavy (non-hydrogen) atoms. The number of benzene rings is 2. The van der Waals surface area contributed by atoms with Crippen molar-refractivity contribution < 1.29 is 19.1 Å². The van der Waals surface area contributed by atoms with Gasteiger partial charge in [-0.2, -0.15) is 10.2 Å². The number of carbonyl (C=O) groups excluding carboxylic acids is 2. The molecule has 0 saturated heterocycles. The van der Waals surface area contributed by atoms with Crippen LogP contribution in [-0.4, -0.2) is 35.9 Å². The van der Waals surface area contributed by atoms with Gasteiger partial charge in [-0.3, -0.25) is 9.59 Å². The lowest BCUT2D eigenvalue weighted by atomic mass is 10.1. The van der Waals surface area contributed by atoms with Gasteiger partial charge in [0.1, 0.15) is 11.5 Å². The molecule has 0 aliphatic rings. The van der Waals surface area contributed by atoms with Gasteiger partial charge in [0.05, 0.1) is 24.1 Å². The molecule has 188 valence electrons. The van der Waals surface area contributed by atoms with Gasteiger partial charge in [-0.05, 0) is 82.9 Å². The van der Waals surface area contributed by atoms with Crippen molar-refractivity contribution in [3.05, 3.63) is 59.7 Å². The fourth-order valence-corrected chi connectivity index (χ4v) is 3.02. The van der Waals surface area contributed by atoms with Crippen molar-refractivity contribution in [2.24, 2.45) is 10.2 Å². The standard InChI is InChI=1S/C27H36N4O4/c1-19(2)34-24-12-6-22(7-13-24)10-16-26(32)30-28-18-21(5)29-31-27(33)17-11-23-8-14-25(15-9-23)35-20(3)4/h6-9,12-15,18-20H,10-11,16-17H2,1-5H3,(H,30,32)(H,31,33)/b28-18+,29-21+. The molecule has 0 aliphatic carbocycles. The average molecular weight is 481 g/mol. The van der Waals surface area contributed by atoms with Gasteiger partial charge < -0.3 is 9.47 Å². The first-order valence-corrected chi connectivity index (χ1v) is 11.9. The Balaban J connectivity index is 1.66. The van der Waals surface area contributed by atoms with Crippen LogP contribution < -0.4 is 20.3 Å². The number of ether oxygens (including phenoxy) is 2. The molecule has 2 amide bonds. The Morgan fingerprint density at radius 1 is 0.771 bits per heavy atom. The van der Waals surface area contributed by atoms with E-state index in [0.717, 1.165) is 22.6 Å². The van der Waals surface area contributed by atoms with Gasteiger partial charge in [0.2, 0.25) is 11.8 Å². The molecule has 0 spiro atoms. The minimum atomic E-state index is -0.203. The quantitative estimate of drug-likeness (QED) is 0.327. The van der Waals surface area contributed by atoms with Crippen LogP contribution in [0.25, 0.3) is 0 Å². The number of nitrogens with zero attached hydrogens (tertiary/aromatic N) is 2. The third-order valence-corrected chi connectivity index (χ3v) is 4.67. The molecular formula is C27H36N4O4. The van der Waals surface area contributed by atoms with Gasteiger partial charge in [-0.25, -0.2) is 10.9 Å². The minimum Gasteiger partial charge on any atom is -0.491 e. The number of hydrogen-bond donors (Lipinski definition) is 2. The lowest BCUT2D eigenvalue weighted by molar-refractivity contribution is -0.121. The molecule has 0 aliphatic heterocycles. The number of rotatable bonds is 13. The second-order valence-electron chi connectivity index (χ2n) is 8.70. The summed E-state index contributed by atoms with van der Waals surface area (Å²) in [7, 11) is 0. The summed E-state index contributed by atoms with van der Waals surface area (Å²) in [5.74, 6) is 1.22. The molecule has 0 unspecified atom stereocenters. The van der Waals surface area contributed by atoms with Crippen LogP contribution in [0.1, 0.15) is 58.6 Å². The van der Waals surface area contributed by atoms with Gasteiger partial charge >= 0.3 is 0 Å². The number of hydrazone groups is 2. The monoisotopic (exact) mass is 480 g/mol. The molecule has 8 nitrogen and oxygen atoms in total. The highest BCUT2D eigenvalue weighted by molar-refractivity contribution is 6.29. The first-order chi connectivity index (χ1) is 16.7. The Kier molecular flexibility index (Phi) is 11.5. The van der Waals surface area contributed by atoms with Gasteiger partial charge in [0.25, 0.3) is 0 Å². The second-order valence-corrected chi connectivity index (χ2v) is 8.70. The molecular weight excluding hydrogens is 444 g/mol. The lowest BCUT2D eigenvalue weighted by Gasteiger charge is -2.10. The first-order valence-electron chi connectivity index (χ1n) is 11.9. The van der Waals surface area contributed by atoms with Crippen molar-refractivity contribution in [1.29, 1.82) is 0 Å². The van der Waals surface area contributed by atoms with E-state index in [9.17, 15) is 9.59 Å². The van der Waals surface area contributed by atoms with E-state index in [0.29, 0.717) is 31.4 Å². The summed E-state index contributed by atoms with van der Waals surface area (Å²) in [6, 6.07) is 15.4. The predicted octanol–water partition coefficient (Wildman–Crippen LogP) is 4.42. The number of carbonyl (C=O) groups is 2. The highest BCUT2D eigenvalue weighted by Gasteiger charge is 2.04. The van der Waals surface area contributed by atoms with E-state index < -0.39 is 0 Å². The van der Waals surface area contributed by atoms with Crippen LogP contribution in [0.2, 0.25) is 0 Å². The van der Waals surface area contributed by atoms with Crippen molar-refractivity contribution in [2.75, 3.05) is 0 Å². The molecule has 0 atom stereocenters. The zero-order valence-electron chi connectivity index (χ0n) is 21.2. The highest BCUT2D eigenvalue weighted by atomic mass is 16.5. The molecule has 2 N–H and O–H groups in total. The smallest absolute Gasteiger partial charge is 0.240 e. The predicted molar refractivity (Wildman–Crippen MR) is 139 cm³/mol. The fraction of sp³-hybridized carbons (Fsp3) is 0.407. The van der Waals surface area contributed by atoms with Crippen molar-refractivity contribution in [2.45, 2.75) is 72.5 Å². The largest absolute Gasteiger partial charge is 0.491 e. The maximum Gasteiger partial charge on any atom is 0.240 e. The molecule has 2 rings (SSSR count). The SMILES string of the molecule is CC(/C=N/NC(=O)CCc1ccc(OC(C)C)cc1)=N\NC(=O)CCc1ccc(OC(C)C)cc1. The molecule has 0 radical (unpaired) electrons. The normalized spacial score (nSPS) is 11.7. The Morgan fingerprint density at radius 2 is 1.20 bits per heavy atom. The van der Waals surface area contributed by atoms with Crippen molar-refractivity contribution in [1.82, 2.24) is 10.9 Å². The van der Waals surface area contributed by atoms with Crippen LogP contribution in [0.4, 0.5) is 0 Å². The van der Waals surface area contributed by atoms with E-state index in [1.807, 2.05) is 76.2 Å². The summed E-state index contributed by atoms with van der Waals surface area (Å²) >= 11 is 0. The van der Waals surface area contributed by atoms with Crippen LogP contribution in [0.3, 0.4) is 0 Å². The van der Waals surface area contributed by atoms with Crippen LogP contribution in [0.5, 0.6) is 11.5 Å². The molecule has 0 saturated carbocycles. The van der Waals surface area contributed by atoms with E-state index in [4.69, 9.17) is 9.47 Å². The summed E-state index contributed by atoms with van der Waals surface area (Å²) in [6.45, 7) is 9.59. The van der Waals surface area contributed by atoms with Crippen LogP contribution in [0, 0.1) is 0 Å². The average Bonchev–Trinajstić information content (AvgIpc) is 2.81. The summed E-state index contributed by atoms with van der Waals surface area (Å²) in [6.07, 6.45) is 3.44. The van der Waals surface area contributed by atoms with Crippen molar-refractivity contribution >= 4 is 23.7 Å². The first kappa shape index (κ1) is 27.6. The van der Waals surface area contributed by atoms with E-state index in [-0.39, 0.29) is 24.0 Å². The van der Waals surface area contributed by atoms with Crippen LogP contribution >= 0.6 is 0 Å². The molecule has 0 heterocycles. The highest BCUT2D eigenvalue weighted by Crippen LogP contribution is 2.15. The Hall–Kier alpha value is -3.68. The van der Waals surface area contributed by atoms with Gasteiger partial charge in [-0.15, -0.1) is 0 Å². The van der Waals surface area contributed by atoms with Crippen LogP contribution in [0.15, 0.2) is 58.7 Å². The molecule has 2 aromatic rings. The van der Waals surface area contributed by atoms with E-state index >= 15 is 0 Å². The number of aryl methyl sites for hydroxylation is 2. The Labute approximate surface area is 207 Å². The maximum absolute atomic E-state index is 12.0. The molecule has 0 aromatic heterocycles. The molecule has 0 bridgehead atoms. The van der Waals surface area contributed by atoms with Crippen molar-refractivity contribution in [3.63, 3.8) is 0 Å². The summed E-state index contributed by atoms with van der Waals surface area (Å²) in [5, 5.41) is 7.88. The van der Waals surface area contributed by atoms with E-state index in [1.165, 1.54) is 6.21 Å². The van der Waals surface area contributed by atoms with Gasteiger partial charge in [0, 0.05) is 12.8 Å².